The van der Waals surface area contributed by atoms with Gasteiger partial charge in [-0.15, -0.1) is 5.10 Å². The Morgan fingerprint density at radius 3 is 2.75 bits per heavy atom. The van der Waals surface area contributed by atoms with Crippen molar-refractivity contribution in [1.82, 2.24) is 15.2 Å². The molecule has 3 N–H and O–H groups in total. The number of aromatic nitrogens is 3. The van der Waals surface area contributed by atoms with E-state index in [2.05, 4.69) is 19.9 Å². The van der Waals surface area contributed by atoms with Crippen LogP contribution in [0.25, 0.3) is 0 Å². The molecule has 2 rings (SSSR count). The van der Waals surface area contributed by atoms with Gasteiger partial charge in [0, 0.05) is 6.54 Å². The summed E-state index contributed by atoms with van der Waals surface area (Å²) in [6, 6.07) is 4.60. The average molecular weight is 295 g/mol. The first kappa shape index (κ1) is 14.2. The highest BCUT2D eigenvalue weighted by atomic mass is 32.2. The zero-order valence-electron chi connectivity index (χ0n) is 10.6. The molecule has 106 valence electrons. The number of nitrogens with one attached hydrogen (secondary N) is 1. The topological polar surface area (TPSA) is 120 Å². The summed E-state index contributed by atoms with van der Waals surface area (Å²) >= 11 is 0. The number of methoxy groups -OCH3 is 1. The Bertz CT molecular complexity index is 690. The van der Waals surface area contributed by atoms with Gasteiger partial charge in [0.15, 0.2) is 0 Å². The molecule has 20 heavy (non-hydrogen) atoms. The van der Waals surface area contributed by atoms with Crippen LogP contribution < -0.4 is 15.2 Å². The number of hydrogen-bond acceptors (Lipinski definition) is 7. The van der Waals surface area contributed by atoms with E-state index < -0.39 is 10.0 Å². The fraction of sp³-hybridized carbons (Fsp3) is 0.182. The molecule has 0 radical (unpaired) electrons. The molecule has 9 heteroatoms. The van der Waals surface area contributed by atoms with Crippen molar-refractivity contribution < 1.29 is 13.2 Å². The molecule has 2 aromatic rings. The predicted octanol–water partition coefficient (Wildman–Crippen LogP) is 0.140. The van der Waals surface area contributed by atoms with E-state index in [9.17, 15) is 8.42 Å². The normalized spacial score (nSPS) is 11.1. The maximum absolute atomic E-state index is 12.3. The third-order valence-electron chi connectivity index (χ3n) is 2.46. The lowest BCUT2D eigenvalue weighted by molar-refractivity contribution is 0.402. The second-order valence-electron chi connectivity index (χ2n) is 3.76. The molecule has 0 bridgehead atoms. The molecule has 0 spiro atoms. The van der Waals surface area contributed by atoms with Gasteiger partial charge >= 0.3 is 0 Å². The highest BCUT2D eigenvalue weighted by molar-refractivity contribution is 7.92. The minimum Gasteiger partial charge on any atom is -0.495 e. The lowest BCUT2D eigenvalue weighted by Crippen LogP contribution is -2.16. The van der Waals surface area contributed by atoms with E-state index in [0.717, 1.165) is 5.56 Å². The molecule has 1 aromatic carbocycles. The standard InChI is InChI=1S/C11H13N5O3S/c1-19-9-6-8(7-12)2-3-10(9)20(17,18)16-11-13-4-5-14-15-11/h2-6H,7,12H2,1H3,(H,13,15,16). The van der Waals surface area contributed by atoms with Gasteiger partial charge in [-0.1, -0.05) is 6.07 Å². The average Bonchev–Trinajstić information content (AvgIpc) is 2.47. The van der Waals surface area contributed by atoms with Gasteiger partial charge in [0.25, 0.3) is 16.0 Å². The number of benzene rings is 1. The fourth-order valence-electron chi connectivity index (χ4n) is 1.53. The second-order valence-corrected chi connectivity index (χ2v) is 5.41. The molecule has 1 aromatic heterocycles. The first-order valence-electron chi connectivity index (χ1n) is 5.60. The van der Waals surface area contributed by atoms with Crippen molar-refractivity contribution in [3.8, 4) is 5.75 Å². The third-order valence-corrected chi connectivity index (χ3v) is 3.83. The number of nitrogens with zero attached hydrogens (tertiary/aromatic N) is 3. The van der Waals surface area contributed by atoms with Crippen LogP contribution >= 0.6 is 0 Å². The maximum atomic E-state index is 12.3. The van der Waals surface area contributed by atoms with Gasteiger partial charge in [0.2, 0.25) is 0 Å². The van der Waals surface area contributed by atoms with Crippen molar-refractivity contribution in [3.05, 3.63) is 36.2 Å². The number of ether oxygens (including phenoxy) is 1. The van der Waals surface area contributed by atoms with Crippen LogP contribution in [0.2, 0.25) is 0 Å². The zero-order chi connectivity index (χ0) is 14.6. The molecule has 1 heterocycles. The molecular weight excluding hydrogens is 282 g/mol. The van der Waals surface area contributed by atoms with E-state index in [1.54, 1.807) is 12.1 Å². The Morgan fingerprint density at radius 1 is 1.35 bits per heavy atom. The number of anilines is 1. The molecule has 0 unspecified atom stereocenters. The fourth-order valence-corrected chi connectivity index (χ4v) is 2.63. The lowest BCUT2D eigenvalue weighted by Gasteiger charge is -2.11. The van der Waals surface area contributed by atoms with Crippen LogP contribution in [0.4, 0.5) is 5.95 Å². The van der Waals surface area contributed by atoms with Crippen molar-refractivity contribution >= 4 is 16.0 Å². The summed E-state index contributed by atoms with van der Waals surface area (Å²) in [6.07, 6.45) is 2.67. The Kier molecular flexibility index (Phi) is 4.11. The van der Waals surface area contributed by atoms with Gasteiger partial charge in [-0.05, 0) is 17.7 Å². The van der Waals surface area contributed by atoms with Crippen LogP contribution in [0.5, 0.6) is 5.75 Å². The van der Waals surface area contributed by atoms with Crippen molar-refractivity contribution in [3.63, 3.8) is 0 Å². The molecule has 0 fully saturated rings. The summed E-state index contributed by atoms with van der Waals surface area (Å²) in [5, 5.41) is 7.11. The monoisotopic (exact) mass is 295 g/mol. The first-order chi connectivity index (χ1) is 9.56. The molecular formula is C11H13N5O3S. The highest BCUT2D eigenvalue weighted by Crippen LogP contribution is 2.26. The molecule has 0 aliphatic rings. The van der Waals surface area contributed by atoms with Gasteiger partial charge in [0.1, 0.15) is 10.6 Å². The Balaban J connectivity index is 2.39. The Labute approximate surface area is 116 Å². The lowest BCUT2D eigenvalue weighted by atomic mass is 10.2. The van der Waals surface area contributed by atoms with Crippen molar-refractivity contribution in [1.29, 1.82) is 0 Å². The van der Waals surface area contributed by atoms with Gasteiger partial charge in [-0.25, -0.2) is 18.1 Å². The quantitative estimate of drug-likeness (QED) is 0.804. The SMILES string of the molecule is COc1cc(CN)ccc1S(=O)(=O)Nc1nccnn1. The molecule has 8 nitrogen and oxygen atoms in total. The van der Waals surface area contributed by atoms with E-state index in [4.69, 9.17) is 10.5 Å². The zero-order valence-corrected chi connectivity index (χ0v) is 11.5. The molecule has 0 amide bonds. The number of rotatable bonds is 5. The first-order valence-corrected chi connectivity index (χ1v) is 7.08. The molecule has 0 saturated carbocycles. The molecule has 0 saturated heterocycles. The van der Waals surface area contributed by atoms with E-state index >= 15 is 0 Å². The van der Waals surface area contributed by atoms with Crippen LogP contribution in [0, 0.1) is 0 Å². The van der Waals surface area contributed by atoms with E-state index in [1.165, 1.54) is 25.6 Å². The van der Waals surface area contributed by atoms with Crippen molar-refractivity contribution in [2.45, 2.75) is 11.4 Å². The van der Waals surface area contributed by atoms with Gasteiger partial charge in [-0.3, -0.25) is 0 Å². The summed E-state index contributed by atoms with van der Waals surface area (Å²) in [5.41, 5.74) is 6.27. The summed E-state index contributed by atoms with van der Waals surface area (Å²) < 4.78 is 31.8. The summed E-state index contributed by atoms with van der Waals surface area (Å²) in [5.74, 6) is 0.0850. The molecule has 0 aliphatic heterocycles. The summed E-state index contributed by atoms with van der Waals surface area (Å²) in [6.45, 7) is 0.288. The summed E-state index contributed by atoms with van der Waals surface area (Å²) in [4.78, 5) is 3.73. The van der Waals surface area contributed by atoms with E-state index in [0.29, 0.717) is 0 Å². The van der Waals surface area contributed by atoms with Crippen molar-refractivity contribution in [2.75, 3.05) is 11.8 Å². The van der Waals surface area contributed by atoms with Crippen molar-refractivity contribution in [2.24, 2.45) is 5.73 Å². The van der Waals surface area contributed by atoms with Crippen LogP contribution in [0.15, 0.2) is 35.5 Å². The van der Waals surface area contributed by atoms with Gasteiger partial charge in [-0.2, -0.15) is 5.10 Å². The van der Waals surface area contributed by atoms with E-state index in [-0.39, 0.29) is 23.1 Å². The number of sulfonamides is 1. The van der Waals surface area contributed by atoms with Crippen LogP contribution in [0.1, 0.15) is 5.56 Å². The predicted molar refractivity (Wildman–Crippen MR) is 71.5 cm³/mol. The van der Waals surface area contributed by atoms with Crippen LogP contribution in [-0.4, -0.2) is 30.7 Å². The minimum absolute atomic E-state index is 0.0235. The van der Waals surface area contributed by atoms with Gasteiger partial charge in [0.05, 0.1) is 19.5 Å². The number of nitrogens with two attached hydrogens (primary N) is 1. The minimum atomic E-state index is -3.86. The Morgan fingerprint density at radius 2 is 2.15 bits per heavy atom. The molecule has 0 aliphatic carbocycles. The van der Waals surface area contributed by atoms with Crippen LogP contribution in [0.3, 0.4) is 0 Å². The third kappa shape index (κ3) is 3.00. The molecule has 0 atom stereocenters. The second kappa shape index (κ2) is 5.80. The summed E-state index contributed by atoms with van der Waals surface area (Å²) in [7, 11) is -2.48. The van der Waals surface area contributed by atoms with E-state index in [1.807, 2.05) is 0 Å². The van der Waals surface area contributed by atoms with Gasteiger partial charge < -0.3 is 10.5 Å². The highest BCUT2D eigenvalue weighted by Gasteiger charge is 2.21. The largest absolute Gasteiger partial charge is 0.495 e. The maximum Gasteiger partial charge on any atom is 0.267 e. The smallest absolute Gasteiger partial charge is 0.267 e. The number of hydrogen-bond donors (Lipinski definition) is 2. The Hall–Kier alpha value is -2.26. The van der Waals surface area contributed by atoms with Crippen LogP contribution in [-0.2, 0) is 16.6 Å².